The van der Waals surface area contributed by atoms with Gasteiger partial charge in [-0.05, 0) is 70.0 Å². The van der Waals surface area contributed by atoms with Crippen LogP contribution in [0.4, 0.5) is 10.1 Å². The minimum absolute atomic E-state index is 0.258. The second-order valence-corrected chi connectivity index (χ2v) is 7.86. The van der Waals surface area contributed by atoms with E-state index >= 15 is 0 Å². The topological polar surface area (TPSA) is 21.3 Å². The Hall–Kier alpha value is -1.56. The molecule has 0 bridgehead atoms. The molecule has 0 aliphatic carbocycles. The van der Waals surface area contributed by atoms with Crippen molar-refractivity contribution >= 4 is 49.1 Å². The highest BCUT2D eigenvalue weighted by Gasteiger charge is 2.11. The molecule has 2 nitrogen and oxygen atoms in total. The number of benzene rings is 3. The molecule has 0 amide bonds. The standard InChI is InChI=1S/C20H15Br2ClFNO/c21-15-9-14(11-25-18-6-4-17(24)5-7-18)20(19(22)10-15)26-12-13-2-1-3-16(23)8-13/h1-10,25H,11-12H2. The van der Waals surface area contributed by atoms with Crippen molar-refractivity contribution in [3.8, 4) is 5.75 Å². The molecule has 0 spiro atoms. The van der Waals surface area contributed by atoms with Crippen molar-refractivity contribution in [3.05, 3.63) is 91.6 Å². The van der Waals surface area contributed by atoms with Crippen LogP contribution in [0, 0.1) is 5.82 Å². The lowest BCUT2D eigenvalue weighted by Gasteiger charge is -2.15. The van der Waals surface area contributed by atoms with Gasteiger partial charge in [-0.1, -0.05) is 39.7 Å². The van der Waals surface area contributed by atoms with Gasteiger partial charge < -0.3 is 10.1 Å². The molecule has 0 fully saturated rings. The summed E-state index contributed by atoms with van der Waals surface area (Å²) < 4.78 is 20.9. The van der Waals surface area contributed by atoms with Gasteiger partial charge in [-0.3, -0.25) is 0 Å². The van der Waals surface area contributed by atoms with Gasteiger partial charge in [-0.25, -0.2) is 4.39 Å². The van der Waals surface area contributed by atoms with Crippen molar-refractivity contribution in [3.63, 3.8) is 0 Å². The Kier molecular flexibility index (Phi) is 6.57. The van der Waals surface area contributed by atoms with E-state index in [1.807, 2.05) is 36.4 Å². The molecule has 0 radical (unpaired) electrons. The van der Waals surface area contributed by atoms with Gasteiger partial charge in [-0.2, -0.15) is 0 Å². The molecule has 0 heterocycles. The Morgan fingerprint density at radius 1 is 1.00 bits per heavy atom. The Balaban J connectivity index is 1.76. The number of hydrogen-bond acceptors (Lipinski definition) is 2. The van der Waals surface area contributed by atoms with Gasteiger partial charge in [-0.15, -0.1) is 0 Å². The zero-order valence-electron chi connectivity index (χ0n) is 13.6. The fourth-order valence-corrected chi connectivity index (χ4v) is 4.09. The maximum atomic E-state index is 13.0. The molecule has 0 aromatic heterocycles. The zero-order chi connectivity index (χ0) is 18.5. The quantitative estimate of drug-likeness (QED) is 0.387. The van der Waals surface area contributed by atoms with Crippen LogP contribution in [0.15, 0.2) is 69.6 Å². The van der Waals surface area contributed by atoms with E-state index in [2.05, 4.69) is 37.2 Å². The van der Waals surface area contributed by atoms with Crippen LogP contribution in [0.3, 0.4) is 0 Å². The fraction of sp³-hybridized carbons (Fsp3) is 0.100. The number of hydrogen-bond donors (Lipinski definition) is 1. The minimum Gasteiger partial charge on any atom is -0.487 e. The van der Waals surface area contributed by atoms with Gasteiger partial charge in [0.05, 0.1) is 4.47 Å². The van der Waals surface area contributed by atoms with Crippen molar-refractivity contribution in [2.24, 2.45) is 0 Å². The lowest BCUT2D eigenvalue weighted by atomic mass is 10.2. The largest absolute Gasteiger partial charge is 0.487 e. The van der Waals surface area contributed by atoms with Crippen LogP contribution >= 0.6 is 43.5 Å². The zero-order valence-corrected chi connectivity index (χ0v) is 17.5. The predicted octanol–water partition coefficient (Wildman–Crippen LogP) is 7.20. The molecule has 1 N–H and O–H groups in total. The van der Waals surface area contributed by atoms with Crippen LogP contribution in [-0.4, -0.2) is 0 Å². The Morgan fingerprint density at radius 3 is 2.50 bits per heavy atom. The van der Waals surface area contributed by atoms with Crippen molar-refractivity contribution in [2.75, 3.05) is 5.32 Å². The molecule has 0 saturated carbocycles. The first kappa shape index (κ1) is 19.2. The normalized spacial score (nSPS) is 10.6. The van der Waals surface area contributed by atoms with Crippen LogP contribution in [0.5, 0.6) is 5.75 Å². The summed E-state index contributed by atoms with van der Waals surface area (Å²) in [5.41, 5.74) is 2.80. The third-order valence-electron chi connectivity index (χ3n) is 3.68. The third-order valence-corrected chi connectivity index (χ3v) is 4.97. The summed E-state index contributed by atoms with van der Waals surface area (Å²) in [7, 11) is 0. The number of rotatable bonds is 6. The summed E-state index contributed by atoms with van der Waals surface area (Å²) in [6.07, 6.45) is 0. The van der Waals surface area contributed by atoms with Crippen molar-refractivity contribution in [1.29, 1.82) is 0 Å². The van der Waals surface area contributed by atoms with Gasteiger partial charge in [0.15, 0.2) is 0 Å². The molecule has 134 valence electrons. The summed E-state index contributed by atoms with van der Waals surface area (Å²) in [4.78, 5) is 0. The van der Waals surface area contributed by atoms with E-state index in [0.717, 1.165) is 31.5 Å². The maximum Gasteiger partial charge on any atom is 0.139 e. The number of anilines is 1. The van der Waals surface area contributed by atoms with Gasteiger partial charge >= 0.3 is 0 Å². The van der Waals surface area contributed by atoms with Crippen molar-refractivity contribution in [2.45, 2.75) is 13.2 Å². The van der Waals surface area contributed by atoms with E-state index in [9.17, 15) is 4.39 Å². The number of nitrogens with one attached hydrogen (secondary N) is 1. The molecular formula is C20H15Br2ClFNO. The van der Waals surface area contributed by atoms with Crippen LogP contribution in [-0.2, 0) is 13.2 Å². The lowest BCUT2D eigenvalue weighted by Crippen LogP contribution is -2.05. The first-order valence-electron chi connectivity index (χ1n) is 7.86. The molecule has 0 aliphatic rings. The Bertz CT molecular complexity index is 903. The molecule has 3 aromatic carbocycles. The molecule has 26 heavy (non-hydrogen) atoms. The summed E-state index contributed by atoms with van der Waals surface area (Å²) in [5, 5.41) is 3.96. The molecule has 0 saturated heterocycles. The lowest BCUT2D eigenvalue weighted by molar-refractivity contribution is 0.301. The van der Waals surface area contributed by atoms with E-state index in [-0.39, 0.29) is 5.82 Å². The van der Waals surface area contributed by atoms with E-state index in [0.29, 0.717) is 18.2 Å². The van der Waals surface area contributed by atoms with Crippen LogP contribution in [0.2, 0.25) is 5.02 Å². The summed E-state index contributed by atoms with van der Waals surface area (Å²) in [6.45, 7) is 0.943. The first-order chi connectivity index (χ1) is 12.5. The molecule has 0 aliphatic heterocycles. The molecule has 3 aromatic rings. The molecule has 3 rings (SSSR count). The second-order valence-electron chi connectivity index (χ2n) is 5.65. The maximum absolute atomic E-state index is 13.0. The average molecular weight is 500 g/mol. The molecular weight excluding hydrogens is 484 g/mol. The van der Waals surface area contributed by atoms with Crippen LogP contribution in [0.25, 0.3) is 0 Å². The molecule has 6 heteroatoms. The Morgan fingerprint density at radius 2 is 1.77 bits per heavy atom. The van der Waals surface area contributed by atoms with Gasteiger partial charge in [0, 0.05) is 27.3 Å². The monoisotopic (exact) mass is 497 g/mol. The third kappa shape index (κ3) is 5.22. The number of halogens is 4. The van der Waals surface area contributed by atoms with Crippen molar-refractivity contribution in [1.82, 2.24) is 0 Å². The van der Waals surface area contributed by atoms with E-state index in [1.54, 1.807) is 12.1 Å². The van der Waals surface area contributed by atoms with E-state index in [1.165, 1.54) is 12.1 Å². The van der Waals surface area contributed by atoms with Crippen LogP contribution in [0.1, 0.15) is 11.1 Å². The van der Waals surface area contributed by atoms with E-state index < -0.39 is 0 Å². The summed E-state index contributed by atoms with van der Waals surface area (Å²) in [5.74, 6) is 0.495. The summed E-state index contributed by atoms with van der Waals surface area (Å²) in [6, 6.07) is 17.8. The average Bonchev–Trinajstić information content (AvgIpc) is 2.60. The van der Waals surface area contributed by atoms with Gasteiger partial charge in [0.1, 0.15) is 18.2 Å². The first-order valence-corrected chi connectivity index (χ1v) is 9.82. The fourth-order valence-electron chi connectivity index (χ4n) is 2.45. The smallest absolute Gasteiger partial charge is 0.139 e. The number of ether oxygens (including phenoxy) is 1. The van der Waals surface area contributed by atoms with E-state index in [4.69, 9.17) is 16.3 Å². The molecule has 0 atom stereocenters. The summed E-state index contributed by atoms with van der Waals surface area (Å²) >= 11 is 13.1. The Labute approximate surface area is 173 Å². The second kappa shape index (κ2) is 8.89. The van der Waals surface area contributed by atoms with Gasteiger partial charge in [0.2, 0.25) is 0 Å². The SMILES string of the molecule is Fc1ccc(NCc2cc(Br)cc(Br)c2OCc2cccc(Cl)c2)cc1. The van der Waals surface area contributed by atoms with Crippen molar-refractivity contribution < 1.29 is 9.13 Å². The van der Waals surface area contributed by atoms with Crippen LogP contribution < -0.4 is 10.1 Å². The highest BCUT2D eigenvalue weighted by atomic mass is 79.9. The highest BCUT2D eigenvalue weighted by molar-refractivity contribution is 9.11. The predicted molar refractivity (Wildman–Crippen MR) is 111 cm³/mol. The van der Waals surface area contributed by atoms with Gasteiger partial charge in [0.25, 0.3) is 0 Å². The highest BCUT2D eigenvalue weighted by Crippen LogP contribution is 2.34. The minimum atomic E-state index is -0.258. The molecule has 0 unspecified atom stereocenters.